The quantitative estimate of drug-likeness (QED) is 0.750. The predicted molar refractivity (Wildman–Crippen MR) is 77.8 cm³/mol. The van der Waals surface area contributed by atoms with Gasteiger partial charge in [-0.05, 0) is 44.9 Å². The van der Waals surface area contributed by atoms with Crippen LogP contribution in [0.15, 0.2) is 24.4 Å². The second-order valence-corrected chi connectivity index (χ2v) is 4.87. The molecule has 102 valence electrons. The van der Waals surface area contributed by atoms with E-state index in [-0.39, 0.29) is 0 Å². The van der Waals surface area contributed by atoms with Crippen molar-refractivity contribution in [3.63, 3.8) is 0 Å². The third kappa shape index (κ3) is 4.17. The average Bonchev–Trinajstić information content (AvgIpc) is 2.87. The van der Waals surface area contributed by atoms with Crippen LogP contribution in [0.5, 0.6) is 0 Å². The van der Waals surface area contributed by atoms with Crippen LogP contribution in [0.3, 0.4) is 0 Å². The Balaban J connectivity index is 1.88. The van der Waals surface area contributed by atoms with Gasteiger partial charge in [0, 0.05) is 17.6 Å². The maximum absolute atomic E-state index is 5.48. The van der Waals surface area contributed by atoms with Crippen molar-refractivity contribution in [1.82, 2.24) is 15.0 Å². The fourth-order valence-electron chi connectivity index (χ4n) is 2.10. The molecule has 3 N–H and O–H groups in total. The fraction of sp³-hybridized carbons (Fsp3) is 0.467. The van der Waals surface area contributed by atoms with Crippen molar-refractivity contribution < 1.29 is 0 Å². The van der Waals surface area contributed by atoms with Crippen LogP contribution in [0.4, 0.5) is 0 Å². The number of aromatic nitrogens is 3. The summed E-state index contributed by atoms with van der Waals surface area (Å²) < 4.78 is 0. The molecular formula is C15H22N4. The van der Waals surface area contributed by atoms with Gasteiger partial charge in [0.1, 0.15) is 5.69 Å². The van der Waals surface area contributed by atoms with Crippen molar-refractivity contribution in [2.45, 2.75) is 39.0 Å². The van der Waals surface area contributed by atoms with Gasteiger partial charge in [0.05, 0.1) is 0 Å². The first-order valence-corrected chi connectivity index (χ1v) is 6.97. The third-order valence-corrected chi connectivity index (χ3v) is 3.16. The van der Waals surface area contributed by atoms with E-state index in [1.54, 1.807) is 0 Å². The van der Waals surface area contributed by atoms with E-state index in [0.717, 1.165) is 36.6 Å². The van der Waals surface area contributed by atoms with Crippen molar-refractivity contribution in [2.24, 2.45) is 5.73 Å². The number of pyridine rings is 1. The Morgan fingerprint density at radius 1 is 1.16 bits per heavy atom. The zero-order valence-corrected chi connectivity index (χ0v) is 11.5. The Morgan fingerprint density at radius 3 is 2.79 bits per heavy atom. The van der Waals surface area contributed by atoms with E-state index < -0.39 is 0 Å². The highest BCUT2D eigenvalue weighted by Gasteiger charge is 2.04. The van der Waals surface area contributed by atoms with Gasteiger partial charge in [0.2, 0.25) is 0 Å². The van der Waals surface area contributed by atoms with Crippen LogP contribution in [-0.2, 0) is 6.42 Å². The molecule has 0 unspecified atom stereocenters. The average molecular weight is 258 g/mol. The summed E-state index contributed by atoms with van der Waals surface area (Å²) in [5, 5.41) is 0. The number of hydrogen-bond acceptors (Lipinski definition) is 3. The summed E-state index contributed by atoms with van der Waals surface area (Å²) in [4.78, 5) is 12.2. The van der Waals surface area contributed by atoms with Gasteiger partial charge in [-0.1, -0.05) is 18.9 Å². The number of H-pyrrole nitrogens is 1. The standard InChI is InChI=1S/C15H22N4/c1-12-7-6-9-14(18-12)15-17-11-13(19-15)8-4-2-3-5-10-16/h6-7,9,11H,2-5,8,10,16H2,1H3,(H,17,19). The van der Waals surface area contributed by atoms with E-state index in [0.29, 0.717) is 0 Å². The second-order valence-electron chi connectivity index (χ2n) is 4.87. The lowest BCUT2D eigenvalue weighted by Crippen LogP contribution is -1.97. The summed E-state index contributed by atoms with van der Waals surface area (Å²) >= 11 is 0. The Kier molecular flexibility index (Phi) is 5.10. The van der Waals surface area contributed by atoms with Crippen molar-refractivity contribution in [1.29, 1.82) is 0 Å². The maximum Gasteiger partial charge on any atom is 0.156 e. The van der Waals surface area contributed by atoms with Crippen LogP contribution in [0.1, 0.15) is 37.1 Å². The Bertz CT molecular complexity index is 504. The summed E-state index contributed by atoms with van der Waals surface area (Å²) in [5.41, 5.74) is 8.59. The molecule has 0 aromatic carbocycles. The number of aromatic amines is 1. The summed E-state index contributed by atoms with van der Waals surface area (Å²) in [6.45, 7) is 2.79. The minimum Gasteiger partial charge on any atom is -0.341 e. The van der Waals surface area contributed by atoms with Gasteiger partial charge in [0.25, 0.3) is 0 Å². The lowest BCUT2D eigenvalue weighted by atomic mass is 10.1. The van der Waals surface area contributed by atoms with E-state index in [4.69, 9.17) is 5.73 Å². The lowest BCUT2D eigenvalue weighted by Gasteiger charge is -1.99. The molecule has 4 heteroatoms. The first-order valence-electron chi connectivity index (χ1n) is 6.97. The molecule has 2 aromatic rings. The number of nitrogens with two attached hydrogens (primary N) is 1. The summed E-state index contributed by atoms with van der Waals surface area (Å²) in [6, 6.07) is 5.98. The van der Waals surface area contributed by atoms with Crippen LogP contribution >= 0.6 is 0 Å². The first kappa shape index (κ1) is 13.7. The van der Waals surface area contributed by atoms with Crippen LogP contribution < -0.4 is 5.73 Å². The molecule has 0 aliphatic carbocycles. The van der Waals surface area contributed by atoms with E-state index in [9.17, 15) is 0 Å². The van der Waals surface area contributed by atoms with Crippen molar-refractivity contribution >= 4 is 0 Å². The molecule has 2 heterocycles. The summed E-state index contributed by atoms with van der Waals surface area (Å²) in [7, 11) is 0. The molecular weight excluding hydrogens is 236 g/mol. The topological polar surface area (TPSA) is 67.6 Å². The Morgan fingerprint density at radius 2 is 2.00 bits per heavy atom. The molecule has 0 saturated heterocycles. The van der Waals surface area contributed by atoms with Crippen LogP contribution in [-0.4, -0.2) is 21.5 Å². The highest BCUT2D eigenvalue weighted by Crippen LogP contribution is 2.14. The van der Waals surface area contributed by atoms with E-state index in [2.05, 4.69) is 15.0 Å². The minimum absolute atomic E-state index is 0.799. The number of imidazole rings is 1. The Hall–Kier alpha value is -1.68. The second kappa shape index (κ2) is 7.04. The first-order chi connectivity index (χ1) is 9.29. The van der Waals surface area contributed by atoms with Crippen LogP contribution in [0.25, 0.3) is 11.5 Å². The maximum atomic E-state index is 5.48. The normalized spacial score (nSPS) is 10.8. The van der Waals surface area contributed by atoms with Gasteiger partial charge in [-0.2, -0.15) is 0 Å². The number of unbranched alkanes of at least 4 members (excludes halogenated alkanes) is 3. The van der Waals surface area contributed by atoms with Gasteiger partial charge in [-0.15, -0.1) is 0 Å². The zero-order chi connectivity index (χ0) is 13.5. The van der Waals surface area contributed by atoms with Gasteiger partial charge in [-0.3, -0.25) is 0 Å². The number of hydrogen-bond donors (Lipinski definition) is 2. The SMILES string of the molecule is Cc1cccc(-c2ncc(CCCCCCN)[nH]2)n1. The molecule has 0 fully saturated rings. The third-order valence-electron chi connectivity index (χ3n) is 3.16. The molecule has 0 bridgehead atoms. The van der Waals surface area contributed by atoms with Crippen molar-refractivity contribution in [3.8, 4) is 11.5 Å². The molecule has 0 aliphatic rings. The lowest BCUT2D eigenvalue weighted by molar-refractivity contribution is 0.643. The van der Waals surface area contributed by atoms with Crippen LogP contribution in [0.2, 0.25) is 0 Å². The molecule has 0 atom stereocenters. The van der Waals surface area contributed by atoms with E-state index in [1.165, 1.54) is 25.0 Å². The Labute approximate surface area is 114 Å². The van der Waals surface area contributed by atoms with E-state index >= 15 is 0 Å². The van der Waals surface area contributed by atoms with Crippen molar-refractivity contribution in [2.75, 3.05) is 6.54 Å². The molecule has 0 spiro atoms. The number of aryl methyl sites for hydroxylation is 2. The van der Waals surface area contributed by atoms with Gasteiger partial charge in [-0.25, -0.2) is 9.97 Å². The van der Waals surface area contributed by atoms with E-state index in [1.807, 2.05) is 31.3 Å². The number of rotatable bonds is 7. The van der Waals surface area contributed by atoms with Crippen LogP contribution in [0, 0.1) is 6.92 Å². The molecule has 2 rings (SSSR count). The van der Waals surface area contributed by atoms with Gasteiger partial charge in [0.15, 0.2) is 5.82 Å². The monoisotopic (exact) mass is 258 g/mol. The largest absolute Gasteiger partial charge is 0.341 e. The summed E-state index contributed by atoms with van der Waals surface area (Å²) in [6.07, 6.45) is 7.72. The molecule has 0 amide bonds. The number of nitrogens with zero attached hydrogens (tertiary/aromatic N) is 2. The predicted octanol–water partition coefficient (Wildman–Crippen LogP) is 2.84. The number of nitrogens with one attached hydrogen (secondary N) is 1. The molecule has 0 saturated carbocycles. The molecule has 0 radical (unpaired) electrons. The molecule has 4 nitrogen and oxygen atoms in total. The summed E-state index contributed by atoms with van der Waals surface area (Å²) in [5.74, 6) is 0.862. The highest BCUT2D eigenvalue weighted by molar-refractivity contribution is 5.49. The minimum atomic E-state index is 0.799. The molecule has 0 aliphatic heterocycles. The highest BCUT2D eigenvalue weighted by atomic mass is 14.9. The van der Waals surface area contributed by atoms with Gasteiger partial charge >= 0.3 is 0 Å². The fourth-order valence-corrected chi connectivity index (χ4v) is 2.10. The molecule has 2 aromatic heterocycles. The zero-order valence-electron chi connectivity index (χ0n) is 11.5. The van der Waals surface area contributed by atoms with Crippen molar-refractivity contribution in [3.05, 3.63) is 35.8 Å². The smallest absolute Gasteiger partial charge is 0.156 e. The molecule has 19 heavy (non-hydrogen) atoms. The van der Waals surface area contributed by atoms with Gasteiger partial charge < -0.3 is 10.7 Å².